The van der Waals surface area contributed by atoms with Crippen LogP contribution in [0, 0.1) is 6.92 Å². The third-order valence-corrected chi connectivity index (χ3v) is 2.90. The van der Waals surface area contributed by atoms with Gasteiger partial charge in [-0.3, -0.25) is 0 Å². The molecule has 0 fully saturated rings. The Labute approximate surface area is 94.1 Å². The van der Waals surface area contributed by atoms with Gasteiger partial charge in [-0.1, -0.05) is 0 Å². The summed E-state index contributed by atoms with van der Waals surface area (Å²) in [5.74, 6) is 0. The SMILES string of the molecule is Cc1ncsc1CCNC(=O)NC(C)C. The van der Waals surface area contributed by atoms with Gasteiger partial charge in [-0.25, -0.2) is 9.78 Å². The maximum atomic E-state index is 11.2. The Hall–Kier alpha value is -1.10. The van der Waals surface area contributed by atoms with Crippen LogP contribution in [0.3, 0.4) is 0 Å². The molecule has 0 radical (unpaired) electrons. The molecule has 0 bridgehead atoms. The summed E-state index contributed by atoms with van der Waals surface area (Å²) in [4.78, 5) is 16.6. The van der Waals surface area contributed by atoms with Crippen molar-refractivity contribution < 1.29 is 4.79 Å². The van der Waals surface area contributed by atoms with Gasteiger partial charge in [0.2, 0.25) is 0 Å². The lowest BCUT2D eigenvalue weighted by molar-refractivity contribution is 0.238. The number of amides is 2. The fourth-order valence-electron chi connectivity index (χ4n) is 1.17. The number of hydrogen-bond donors (Lipinski definition) is 2. The highest BCUT2D eigenvalue weighted by Gasteiger charge is 2.03. The Morgan fingerprint density at radius 1 is 1.60 bits per heavy atom. The van der Waals surface area contributed by atoms with Crippen LogP contribution >= 0.6 is 11.3 Å². The van der Waals surface area contributed by atoms with Crippen LogP contribution in [-0.2, 0) is 6.42 Å². The zero-order valence-corrected chi connectivity index (χ0v) is 10.1. The van der Waals surface area contributed by atoms with Gasteiger partial charge in [0, 0.05) is 23.9 Å². The largest absolute Gasteiger partial charge is 0.338 e. The maximum Gasteiger partial charge on any atom is 0.314 e. The van der Waals surface area contributed by atoms with Gasteiger partial charge in [-0.05, 0) is 20.8 Å². The van der Waals surface area contributed by atoms with Gasteiger partial charge >= 0.3 is 6.03 Å². The van der Waals surface area contributed by atoms with E-state index < -0.39 is 0 Å². The summed E-state index contributed by atoms with van der Waals surface area (Å²) in [5, 5.41) is 5.58. The van der Waals surface area contributed by atoms with Crippen LogP contribution < -0.4 is 10.6 Å². The van der Waals surface area contributed by atoms with Crippen LogP contribution in [-0.4, -0.2) is 23.6 Å². The highest BCUT2D eigenvalue weighted by Crippen LogP contribution is 2.11. The van der Waals surface area contributed by atoms with Crippen LogP contribution in [0.4, 0.5) is 4.79 Å². The van der Waals surface area contributed by atoms with Crippen molar-refractivity contribution in [2.24, 2.45) is 0 Å². The Balaban J connectivity index is 2.22. The molecule has 0 aromatic carbocycles. The molecule has 2 amide bonds. The first kappa shape index (κ1) is 12.0. The first-order chi connectivity index (χ1) is 7.09. The van der Waals surface area contributed by atoms with E-state index in [0.29, 0.717) is 6.54 Å². The first-order valence-electron chi connectivity index (χ1n) is 5.03. The summed E-state index contributed by atoms with van der Waals surface area (Å²) in [5.41, 5.74) is 2.89. The number of urea groups is 1. The van der Waals surface area contributed by atoms with Crippen molar-refractivity contribution >= 4 is 17.4 Å². The Kier molecular flexibility index (Phi) is 4.55. The average Bonchev–Trinajstić information content (AvgIpc) is 2.50. The van der Waals surface area contributed by atoms with E-state index in [9.17, 15) is 4.79 Å². The molecule has 0 aliphatic rings. The van der Waals surface area contributed by atoms with Gasteiger partial charge in [-0.15, -0.1) is 11.3 Å². The minimum absolute atomic E-state index is 0.104. The topological polar surface area (TPSA) is 54.0 Å². The second-order valence-electron chi connectivity index (χ2n) is 3.67. The molecule has 0 saturated carbocycles. The van der Waals surface area contributed by atoms with Gasteiger partial charge in [0.25, 0.3) is 0 Å². The molecule has 15 heavy (non-hydrogen) atoms. The zero-order valence-electron chi connectivity index (χ0n) is 9.33. The van der Waals surface area contributed by atoms with Crippen molar-refractivity contribution in [3.63, 3.8) is 0 Å². The molecular weight excluding hydrogens is 210 g/mol. The second kappa shape index (κ2) is 5.70. The molecule has 0 saturated heterocycles. The van der Waals surface area contributed by atoms with Crippen LogP contribution in [0.25, 0.3) is 0 Å². The number of carbonyl (C=O) groups is 1. The van der Waals surface area contributed by atoms with Crippen LogP contribution in [0.1, 0.15) is 24.4 Å². The Morgan fingerprint density at radius 2 is 2.33 bits per heavy atom. The predicted molar refractivity (Wildman–Crippen MR) is 62.2 cm³/mol. The molecule has 5 heteroatoms. The van der Waals surface area contributed by atoms with E-state index in [0.717, 1.165) is 12.1 Å². The van der Waals surface area contributed by atoms with E-state index in [1.165, 1.54) is 4.88 Å². The number of thiazole rings is 1. The normalized spacial score (nSPS) is 10.4. The number of rotatable bonds is 4. The van der Waals surface area contributed by atoms with E-state index >= 15 is 0 Å². The number of nitrogens with zero attached hydrogens (tertiary/aromatic N) is 1. The van der Waals surface area contributed by atoms with Crippen molar-refractivity contribution in [2.45, 2.75) is 33.2 Å². The third kappa shape index (κ3) is 4.29. The van der Waals surface area contributed by atoms with E-state index in [-0.39, 0.29) is 12.1 Å². The fourth-order valence-corrected chi connectivity index (χ4v) is 1.95. The van der Waals surface area contributed by atoms with E-state index in [4.69, 9.17) is 0 Å². The molecule has 1 aromatic rings. The van der Waals surface area contributed by atoms with Crippen molar-refractivity contribution in [2.75, 3.05) is 6.54 Å². The van der Waals surface area contributed by atoms with Gasteiger partial charge in [0.05, 0.1) is 11.2 Å². The monoisotopic (exact) mass is 227 g/mol. The molecule has 0 unspecified atom stereocenters. The van der Waals surface area contributed by atoms with Crippen molar-refractivity contribution in [3.05, 3.63) is 16.1 Å². The molecule has 84 valence electrons. The molecule has 2 N–H and O–H groups in total. The summed E-state index contributed by atoms with van der Waals surface area (Å²) in [6.07, 6.45) is 0.849. The number of carbonyl (C=O) groups excluding carboxylic acids is 1. The maximum absolute atomic E-state index is 11.2. The molecule has 0 atom stereocenters. The molecular formula is C10H17N3OS. The molecule has 0 spiro atoms. The summed E-state index contributed by atoms with van der Waals surface area (Å²) in [7, 11) is 0. The number of aryl methyl sites for hydroxylation is 1. The Bertz CT molecular complexity index is 322. The lowest BCUT2D eigenvalue weighted by Crippen LogP contribution is -2.40. The average molecular weight is 227 g/mol. The molecule has 1 heterocycles. The molecule has 1 aromatic heterocycles. The zero-order chi connectivity index (χ0) is 11.3. The molecule has 0 aliphatic heterocycles. The quantitative estimate of drug-likeness (QED) is 0.822. The Morgan fingerprint density at radius 3 is 2.87 bits per heavy atom. The summed E-state index contributed by atoms with van der Waals surface area (Å²) < 4.78 is 0. The van der Waals surface area contributed by atoms with Crippen LogP contribution in [0.2, 0.25) is 0 Å². The minimum atomic E-state index is -0.104. The molecule has 4 nitrogen and oxygen atoms in total. The van der Waals surface area contributed by atoms with E-state index in [2.05, 4.69) is 15.6 Å². The molecule has 0 aliphatic carbocycles. The summed E-state index contributed by atoms with van der Waals surface area (Å²) >= 11 is 1.63. The van der Waals surface area contributed by atoms with Gasteiger partial charge < -0.3 is 10.6 Å². The van der Waals surface area contributed by atoms with E-state index in [1.807, 2.05) is 26.3 Å². The van der Waals surface area contributed by atoms with E-state index in [1.54, 1.807) is 11.3 Å². The first-order valence-corrected chi connectivity index (χ1v) is 5.91. The lowest BCUT2D eigenvalue weighted by atomic mass is 10.3. The van der Waals surface area contributed by atoms with Crippen molar-refractivity contribution in [1.82, 2.24) is 15.6 Å². The van der Waals surface area contributed by atoms with Gasteiger partial charge in [-0.2, -0.15) is 0 Å². The molecule has 1 rings (SSSR count). The number of nitrogens with one attached hydrogen (secondary N) is 2. The minimum Gasteiger partial charge on any atom is -0.338 e. The van der Waals surface area contributed by atoms with Crippen molar-refractivity contribution in [3.8, 4) is 0 Å². The fraction of sp³-hybridized carbons (Fsp3) is 0.600. The van der Waals surface area contributed by atoms with Gasteiger partial charge in [0.15, 0.2) is 0 Å². The second-order valence-corrected chi connectivity index (χ2v) is 4.61. The van der Waals surface area contributed by atoms with Gasteiger partial charge in [0.1, 0.15) is 0 Å². The van der Waals surface area contributed by atoms with Crippen molar-refractivity contribution in [1.29, 1.82) is 0 Å². The smallest absolute Gasteiger partial charge is 0.314 e. The highest BCUT2D eigenvalue weighted by molar-refractivity contribution is 7.09. The summed E-state index contributed by atoms with van der Waals surface area (Å²) in [6.45, 7) is 6.52. The standard InChI is InChI=1S/C10H17N3OS/c1-7(2)13-10(14)11-5-4-9-8(3)12-6-15-9/h6-7H,4-5H2,1-3H3,(H2,11,13,14). The van der Waals surface area contributed by atoms with Crippen LogP contribution in [0.15, 0.2) is 5.51 Å². The number of aromatic nitrogens is 1. The summed E-state index contributed by atoms with van der Waals surface area (Å²) in [6, 6.07) is 0.0716. The lowest BCUT2D eigenvalue weighted by Gasteiger charge is -2.09. The third-order valence-electron chi connectivity index (χ3n) is 1.90. The predicted octanol–water partition coefficient (Wildman–Crippen LogP) is 1.70. The highest BCUT2D eigenvalue weighted by atomic mass is 32.1. The van der Waals surface area contributed by atoms with Crippen LogP contribution in [0.5, 0.6) is 0 Å². The number of hydrogen-bond acceptors (Lipinski definition) is 3.